The van der Waals surface area contributed by atoms with Gasteiger partial charge in [0.1, 0.15) is 5.56 Å². The van der Waals surface area contributed by atoms with Gasteiger partial charge in [-0.05, 0) is 24.3 Å². The number of amides is 1. The van der Waals surface area contributed by atoms with E-state index in [0.717, 1.165) is 0 Å². The van der Waals surface area contributed by atoms with Crippen LogP contribution >= 0.6 is 11.6 Å². The summed E-state index contributed by atoms with van der Waals surface area (Å²) in [6.45, 7) is 0.207. The Morgan fingerprint density at radius 1 is 1.33 bits per heavy atom. The molecule has 0 unspecified atom stereocenters. The number of nitrogens with zero attached hydrogens (tertiary/aromatic N) is 1. The molecule has 21 heavy (non-hydrogen) atoms. The zero-order valence-corrected chi connectivity index (χ0v) is 11.6. The number of aromatic carboxylic acids is 1. The van der Waals surface area contributed by atoms with Crippen LogP contribution in [0.2, 0.25) is 5.02 Å². The highest BCUT2D eigenvalue weighted by Gasteiger charge is 2.17. The van der Waals surface area contributed by atoms with Crippen LogP contribution < -0.4 is 11.1 Å². The number of nitrogens with two attached hydrogens (primary N) is 1. The molecule has 1 aromatic carbocycles. The monoisotopic (exact) mass is 305 g/mol. The van der Waals surface area contributed by atoms with Crippen LogP contribution in [-0.2, 0) is 6.54 Å². The number of carbonyl (C=O) groups is 2. The third-order valence-electron chi connectivity index (χ3n) is 2.76. The van der Waals surface area contributed by atoms with Gasteiger partial charge in [-0.2, -0.15) is 0 Å². The number of nitrogens with one attached hydrogen (secondary N) is 1. The van der Waals surface area contributed by atoms with E-state index in [1.165, 1.54) is 24.4 Å². The number of aromatic nitrogens is 1. The van der Waals surface area contributed by atoms with Gasteiger partial charge in [0.15, 0.2) is 0 Å². The summed E-state index contributed by atoms with van der Waals surface area (Å²) in [5.74, 6) is -1.68. The fourth-order valence-electron chi connectivity index (χ4n) is 1.77. The molecule has 1 heterocycles. The lowest BCUT2D eigenvalue weighted by Crippen LogP contribution is -2.16. The maximum atomic E-state index is 12.2. The van der Waals surface area contributed by atoms with Gasteiger partial charge in [-0.15, -0.1) is 0 Å². The Labute approximate surface area is 125 Å². The molecule has 2 rings (SSSR count). The number of halogens is 1. The van der Waals surface area contributed by atoms with Gasteiger partial charge < -0.3 is 16.2 Å². The van der Waals surface area contributed by atoms with Crippen molar-refractivity contribution in [3.63, 3.8) is 0 Å². The van der Waals surface area contributed by atoms with Crippen LogP contribution in [-0.4, -0.2) is 22.0 Å². The van der Waals surface area contributed by atoms with E-state index in [2.05, 4.69) is 10.3 Å². The molecule has 0 fully saturated rings. The van der Waals surface area contributed by atoms with Crippen LogP contribution in [0.25, 0.3) is 0 Å². The average molecular weight is 306 g/mol. The molecule has 0 aliphatic rings. The molecule has 6 nitrogen and oxygen atoms in total. The summed E-state index contributed by atoms with van der Waals surface area (Å²) in [7, 11) is 0. The summed E-state index contributed by atoms with van der Waals surface area (Å²) in [5, 5.41) is 11.7. The molecule has 108 valence electrons. The Balaban J connectivity index is 2.31. The molecular weight excluding hydrogens is 294 g/mol. The van der Waals surface area contributed by atoms with E-state index in [9.17, 15) is 9.59 Å². The largest absolute Gasteiger partial charge is 0.478 e. The van der Waals surface area contributed by atoms with Gasteiger partial charge in [0.05, 0.1) is 16.4 Å². The van der Waals surface area contributed by atoms with Crippen LogP contribution in [0.15, 0.2) is 36.5 Å². The highest BCUT2D eigenvalue weighted by molar-refractivity contribution is 6.34. The number of hydrogen-bond acceptors (Lipinski definition) is 4. The smallest absolute Gasteiger partial charge is 0.339 e. The van der Waals surface area contributed by atoms with Gasteiger partial charge in [0, 0.05) is 18.3 Å². The molecule has 0 saturated carbocycles. The van der Waals surface area contributed by atoms with E-state index in [1.54, 1.807) is 12.1 Å². The Morgan fingerprint density at radius 2 is 2.10 bits per heavy atom. The second-order valence-electron chi connectivity index (χ2n) is 4.16. The predicted molar refractivity (Wildman–Crippen MR) is 78.5 cm³/mol. The van der Waals surface area contributed by atoms with Gasteiger partial charge in [-0.25, -0.2) is 4.79 Å². The molecule has 0 aliphatic carbocycles. The van der Waals surface area contributed by atoms with Crippen molar-refractivity contribution in [1.82, 2.24) is 4.98 Å². The topological polar surface area (TPSA) is 105 Å². The number of hydrogen-bond donors (Lipinski definition) is 3. The lowest BCUT2D eigenvalue weighted by atomic mass is 10.1. The van der Waals surface area contributed by atoms with Crippen LogP contribution in [0.1, 0.15) is 26.4 Å². The minimum absolute atomic E-state index is 0.0534. The number of carbonyl (C=O) groups excluding carboxylic acids is 1. The summed E-state index contributed by atoms with van der Waals surface area (Å²) in [4.78, 5) is 27.3. The maximum absolute atomic E-state index is 12.2. The summed E-state index contributed by atoms with van der Waals surface area (Å²) < 4.78 is 0. The predicted octanol–water partition coefficient (Wildman–Crippen LogP) is 2.14. The van der Waals surface area contributed by atoms with Crippen LogP contribution in [0.5, 0.6) is 0 Å². The van der Waals surface area contributed by atoms with Crippen molar-refractivity contribution in [1.29, 1.82) is 0 Å². The van der Waals surface area contributed by atoms with E-state index in [-0.39, 0.29) is 22.8 Å². The van der Waals surface area contributed by atoms with E-state index < -0.39 is 11.9 Å². The number of anilines is 1. The first-order valence-electron chi connectivity index (χ1n) is 6.01. The van der Waals surface area contributed by atoms with Crippen molar-refractivity contribution in [2.45, 2.75) is 6.54 Å². The van der Waals surface area contributed by atoms with Crippen molar-refractivity contribution in [3.05, 3.63) is 58.4 Å². The Hall–Kier alpha value is -2.44. The normalized spacial score (nSPS) is 10.2. The molecule has 0 radical (unpaired) electrons. The molecule has 0 saturated heterocycles. The molecular formula is C14H12ClN3O3. The van der Waals surface area contributed by atoms with Crippen LogP contribution in [0, 0.1) is 0 Å². The highest BCUT2D eigenvalue weighted by atomic mass is 35.5. The van der Waals surface area contributed by atoms with Crippen molar-refractivity contribution in [2.24, 2.45) is 5.73 Å². The number of rotatable bonds is 4. The molecule has 0 aliphatic heterocycles. The van der Waals surface area contributed by atoms with Crippen LogP contribution in [0.3, 0.4) is 0 Å². The first-order valence-corrected chi connectivity index (χ1v) is 6.39. The minimum Gasteiger partial charge on any atom is -0.478 e. The molecule has 1 aromatic heterocycles. The first-order chi connectivity index (χ1) is 10.0. The molecule has 1 amide bonds. The summed E-state index contributed by atoms with van der Waals surface area (Å²) in [6.07, 6.45) is 1.47. The lowest BCUT2D eigenvalue weighted by molar-refractivity contribution is 0.0698. The second-order valence-corrected chi connectivity index (χ2v) is 4.57. The zero-order chi connectivity index (χ0) is 15.4. The standard InChI is InChI=1S/C14H12ClN3O3/c15-10-2-1-3-11(12(10)14(20)21)18-13(19)8-4-5-17-9(6-8)7-16/h1-6H,7,16H2,(H,18,19)(H,20,21). The highest BCUT2D eigenvalue weighted by Crippen LogP contribution is 2.24. The fourth-order valence-corrected chi connectivity index (χ4v) is 2.03. The minimum atomic E-state index is -1.21. The van der Waals surface area contributed by atoms with Crippen molar-refractivity contribution in [3.8, 4) is 0 Å². The molecule has 2 aromatic rings. The molecule has 4 N–H and O–H groups in total. The Morgan fingerprint density at radius 3 is 2.76 bits per heavy atom. The zero-order valence-electron chi connectivity index (χ0n) is 10.8. The summed E-state index contributed by atoms with van der Waals surface area (Å²) >= 11 is 5.84. The SMILES string of the molecule is NCc1cc(C(=O)Nc2cccc(Cl)c2C(=O)O)ccn1. The fraction of sp³-hybridized carbons (Fsp3) is 0.0714. The third-order valence-corrected chi connectivity index (χ3v) is 3.08. The van der Waals surface area contributed by atoms with E-state index in [1.807, 2.05) is 0 Å². The summed E-state index contributed by atoms with van der Waals surface area (Å²) in [5.41, 5.74) is 6.34. The van der Waals surface area contributed by atoms with Crippen molar-refractivity contribution < 1.29 is 14.7 Å². The van der Waals surface area contributed by atoms with Gasteiger partial charge >= 0.3 is 5.97 Å². The number of pyridine rings is 1. The van der Waals surface area contributed by atoms with Gasteiger partial charge in [-0.3, -0.25) is 9.78 Å². The number of carboxylic acid groups (broad SMARTS) is 1. The molecule has 7 heteroatoms. The first kappa shape index (κ1) is 15.0. The van der Waals surface area contributed by atoms with Crippen LogP contribution in [0.4, 0.5) is 5.69 Å². The van der Waals surface area contributed by atoms with E-state index in [4.69, 9.17) is 22.4 Å². The summed E-state index contributed by atoms with van der Waals surface area (Å²) in [6, 6.07) is 7.53. The lowest BCUT2D eigenvalue weighted by Gasteiger charge is -2.10. The average Bonchev–Trinajstić information content (AvgIpc) is 2.47. The third kappa shape index (κ3) is 3.36. The van der Waals surface area contributed by atoms with E-state index >= 15 is 0 Å². The number of benzene rings is 1. The maximum Gasteiger partial charge on any atom is 0.339 e. The van der Waals surface area contributed by atoms with Crippen molar-refractivity contribution in [2.75, 3.05) is 5.32 Å². The van der Waals surface area contributed by atoms with Crippen molar-refractivity contribution >= 4 is 29.2 Å². The molecule has 0 bridgehead atoms. The van der Waals surface area contributed by atoms with Gasteiger partial charge in [0.25, 0.3) is 5.91 Å². The molecule has 0 spiro atoms. The van der Waals surface area contributed by atoms with Gasteiger partial charge in [-0.1, -0.05) is 17.7 Å². The molecule has 0 atom stereocenters. The Bertz CT molecular complexity index is 704. The van der Waals surface area contributed by atoms with E-state index in [0.29, 0.717) is 11.3 Å². The second kappa shape index (κ2) is 6.34. The quantitative estimate of drug-likeness (QED) is 0.802. The number of carboxylic acids is 1. The van der Waals surface area contributed by atoms with Gasteiger partial charge in [0.2, 0.25) is 0 Å². The Kier molecular flexibility index (Phi) is 4.52.